The lowest BCUT2D eigenvalue weighted by atomic mass is 9.98. The maximum absolute atomic E-state index is 11.7. The summed E-state index contributed by atoms with van der Waals surface area (Å²) in [4.78, 5) is 23.8. The predicted molar refractivity (Wildman–Crippen MR) is 64.8 cm³/mol. The van der Waals surface area contributed by atoms with Gasteiger partial charge in [-0.1, -0.05) is 12.8 Å². The third-order valence-corrected chi connectivity index (χ3v) is 2.84. The van der Waals surface area contributed by atoms with Gasteiger partial charge in [0.25, 0.3) is 6.47 Å². The fraction of sp³-hybridized carbons (Fsp3) is 0.538. The SMILES string of the molecule is CCOC=O.O=C(c1cc[nH]c1)C1CCCC1. The minimum atomic E-state index is 0.306. The van der Waals surface area contributed by atoms with E-state index in [2.05, 4.69) is 9.72 Å². The number of Topliss-reactive ketones (excluding diaryl/α,β-unsaturated/α-hetero) is 1. The summed E-state index contributed by atoms with van der Waals surface area (Å²) in [5.41, 5.74) is 0.849. The van der Waals surface area contributed by atoms with Crippen LogP contribution in [0.5, 0.6) is 0 Å². The van der Waals surface area contributed by atoms with Gasteiger partial charge >= 0.3 is 0 Å². The highest BCUT2D eigenvalue weighted by Gasteiger charge is 2.23. The zero-order chi connectivity index (χ0) is 12.5. The number of aromatic amines is 1. The number of H-pyrrole nitrogens is 1. The second kappa shape index (κ2) is 7.65. The molecular weight excluding hydrogens is 218 g/mol. The van der Waals surface area contributed by atoms with Crippen LogP contribution in [0.1, 0.15) is 43.0 Å². The number of carbonyl (C=O) groups is 2. The van der Waals surface area contributed by atoms with Crippen LogP contribution in [0, 0.1) is 5.92 Å². The van der Waals surface area contributed by atoms with Gasteiger partial charge in [-0.25, -0.2) is 0 Å². The number of carbonyl (C=O) groups excluding carboxylic acids is 2. The van der Waals surface area contributed by atoms with Gasteiger partial charge in [-0.05, 0) is 25.8 Å². The van der Waals surface area contributed by atoms with E-state index >= 15 is 0 Å². The molecule has 0 aromatic carbocycles. The normalized spacial score (nSPS) is 14.9. The Morgan fingerprint density at radius 3 is 2.65 bits per heavy atom. The van der Waals surface area contributed by atoms with E-state index in [1.165, 1.54) is 12.8 Å². The van der Waals surface area contributed by atoms with Crippen molar-refractivity contribution in [2.75, 3.05) is 6.61 Å². The second-order valence-electron chi connectivity index (χ2n) is 4.00. The van der Waals surface area contributed by atoms with Crippen molar-refractivity contribution in [3.05, 3.63) is 24.0 Å². The smallest absolute Gasteiger partial charge is 0.293 e. The van der Waals surface area contributed by atoms with Crippen molar-refractivity contribution in [2.24, 2.45) is 5.92 Å². The Morgan fingerprint density at radius 1 is 1.53 bits per heavy atom. The first kappa shape index (κ1) is 13.5. The molecule has 4 heteroatoms. The van der Waals surface area contributed by atoms with Crippen LogP contribution < -0.4 is 0 Å². The van der Waals surface area contributed by atoms with Crippen molar-refractivity contribution in [1.82, 2.24) is 4.98 Å². The first-order valence-electron chi connectivity index (χ1n) is 6.01. The van der Waals surface area contributed by atoms with Gasteiger partial charge < -0.3 is 9.72 Å². The molecule has 1 aliphatic rings. The Labute approximate surface area is 101 Å². The van der Waals surface area contributed by atoms with Crippen LogP contribution in [-0.2, 0) is 9.53 Å². The van der Waals surface area contributed by atoms with E-state index in [-0.39, 0.29) is 0 Å². The monoisotopic (exact) mass is 237 g/mol. The lowest BCUT2D eigenvalue weighted by molar-refractivity contribution is -0.128. The molecule has 0 bridgehead atoms. The zero-order valence-electron chi connectivity index (χ0n) is 10.1. The molecule has 1 aromatic heterocycles. The Kier molecular flexibility index (Phi) is 6.07. The molecule has 0 radical (unpaired) electrons. The Balaban J connectivity index is 0.000000249. The summed E-state index contributed by atoms with van der Waals surface area (Å²) >= 11 is 0. The number of rotatable bonds is 4. The number of ketones is 1. The van der Waals surface area contributed by atoms with E-state index in [1.807, 2.05) is 12.3 Å². The first-order valence-corrected chi connectivity index (χ1v) is 6.01. The minimum Gasteiger partial charge on any atom is -0.468 e. The van der Waals surface area contributed by atoms with E-state index in [9.17, 15) is 9.59 Å². The molecule has 0 atom stereocenters. The van der Waals surface area contributed by atoms with Crippen molar-refractivity contribution in [3.8, 4) is 0 Å². The molecule has 0 unspecified atom stereocenters. The lowest BCUT2D eigenvalue weighted by Gasteiger charge is -2.04. The van der Waals surface area contributed by atoms with E-state index < -0.39 is 0 Å². The molecule has 0 aliphatic heterocycles. The highest BCUT2D eigenvalue weighted by molar-refractivity contribution is 5.97. The molecular formula is C13H19NO3. The highest BCUT2D eigenvalue weighted by atomic mass is 16.5. The Bertz CT molecular complexity index is 326. The van der Waals surface area contributed by atoms with Gasteiger partial charge in [0.2, 0.25) is 0 Å². The van der Waals surface area contributed by atoms with Crippen molar-refractivity contribution < 1.29 is 14.3 Å². The Hall–Kier alpha value is -1.58. The molecule has 1 aliphatic carbocycles. The Morgan fingerprint density at radius 2 is 2.24 bits per heavy atom. The van der Waals surface area contributed by atoms with E-state index in [0.29, 0.717) is 24.8 Å². The van der Waals surface area contributed by atoms with Crippen molar-refractivity contribution >= 4 is 12.3 Å². The van der Waals surface area contributed by atoms with Crippen LogP contribution in [0.25, 0.3) is 0 Å². The van der Waals surface area contributed by atoms with Crippen LogP contribution in [-0.4, -0.2) is 23.8 Å². The molecule has 0 saturated heterocycles. The van der Waals surface area contributed by atoms with E-state index in [0.717, 1.165) is 18.4 Å². The van der Waals surface area contributed by atoms with Crippen molar-refractivity contribution in [1.29, 1.82) is 0 Å². The number of hydrogen-bond acceptors (Lipinski definition) is 3. The number of aromatic nitrogens is 1. The topological polar surface area (TPSA) is 59.2 Å². The maximum atomic E-state index is 11.7. The molecule has 94 valence electrons. The summed E-state index contributed by atoms with van der Waals surface area (Å²) in [6.45, 7) is 2.66. The molecule has 17 heavy (non-hydrogen) atoms. The molecule has 4 nitrogen and oxygen atoms in total. The molecule has 0 amide bonds. The summed E-state index contributed by atoms with van der Waals surface area (Å²) in [6.07, 6.45) is 8.22. The van der Waals surface area contributed by atoms with Gasteiger partial charge in [0.05, 0.1) is 6.61 Å². The van der Waals surface area contributed by atoms with E-state index in [1.54, 1.807) is 13.1 Å². The standard InChI is InChI=1S/C10H13NO.C3H6O2/c12-10(8-3-1-2-4-8)9-5-6-11-7-9;1-2-5-3-4/h5-8,11H,1-4H2;3H,2H2,1H3. The highest BCUT2D eigenvalue weighted by Crippen LogP contribution is 2.27. The summed E-state index contributed by atoms with van der Waals surface area (Å²) in [6, 6.07) is 1.86. The van der Waals surface area contributed by atoms with Crippen LogP contribution in [0.3, 0.4) is 0 Å². The quantitative estimate of drug-likeness (QED) is 0.646. The summed E-state index contributed by atoms with van der Waals surface area (Å²) in [5.74, 6) is 0.634. The summed E-state index contributed by atoms with van der Waals surface area (Å²) < 4.78 is 4.15. The van der Waals surface area contributed by atoms with Gasteiger partial charge in [0.1, 0.15) is 0 Å². The third kappa shape index (κ3) is 4.43. The fourth-order valence-electron chi connectivity index (χ4n) is 1.97. The largest absolute Gasteiger partial charge is 0.468 e. The second-order valence-corrected chi connectivity index (χ2v) is 4.00. The van der Waals surface area contributed by atoms with Crippen LogP contribution in [0.2, 0.25) is 0 Å². The lowest BCUT2D eigenvalue weighted by Crippen LogP contribution is -2.09. The maximum Gasteiger partial charge on any atom is 0.293 e. The average molecular weight is 237 g/mol. The van der Waals surface area contributed by atoms with Gasteiger partial charge in [-0.15, -0.1) is 0 Å². The molecule has 1 heterocycles. The van der Waals surface area contributed by atoms with Crippen molar-refractivity contribution in [3.63, 3.8) is 0 Å². The number of ether oxygens (including phenoxy) is 1. The molecule has 2 rings (SSSR count). The van der Waals surface area contributed by atoms with Crippen LogP contribution in [0.15, 0.2) is 18.5 Å². The number of nitrogens with one attached hydrogen (secondary N) is 1. The minimum absolute atomic E-state index is 0.306. The first-order chi connectivity index (χ1) is 8.29. The van der Waals surface area contributed by atoms with Crippen molar-refractivity contribution in [2.45, 2.75) is 32.6 Å². The number of hydrogen-bond donors (Lipinski definition) is 1. The van der Waals surface area contributed by atoms with Crippen LogP contribution in [0.4, 0.5) is 0 Å². The average Bonchev–Trinajstić information content (AvgIpc) is 3.04. The molecule has 1 aromatic rings. The summed E-state index contributed by atoms with van der Waals surface area (Å²) in [5, 5.41) is 0. The zero-order valence-corrected chi connectivity index (χ0v) is 10.1. The fourth-order valence-corrected chi connectivity index (χ4v) is 1.97. The van der Waals surface area contributed by atoms with Gasteiger partial charge in [-0.3, -0.25) is 9.59 Å². The van der Waals surface area contributed by atoms with Gasteiger partial charge in [0.15, 0.2) is 5.78 Å². The molecule has 0 spiro atoms. The molecule has 1 N–H and O–H groups in total. The third-order valence-electron chi connectivity index (χ3n) is 2.84. The molecule has 1 saturated carbocycles. The predicted octanol–water partition coefficient (Wildman–Crippen LogP) is 2.57. The van der Waals surface area contributed by atoms with Gasteiger partial charge in [0, 0.05) is 23.9 Å². The summed E-state index contributed by atoms with van der Waals surface area (Å²) in [7, 11) is 0. The molecule has 1 fully saturated rings. The van der Waals surface area contributed by atoms with E-state index in [4.69, 9.17) is 0 Å². The van der Waals surface area contributed by atoms with Gasteiger partial charge in [-0.2, -0.15) is 0 Å². The van der Waals surface area contributed by atoms with Crippen LogP contribution >= 0.6 is 0 Å².